The number of ether oxygens (including phenoxy) is 1. The molecule has 1 aliphatic rings. The molecule has 1 heterocycles. The second-order valence-electron chi connectivity index (χ2n) is 6.95. The third-order valence-electron chi connectivity index (χ3n) is 3.48. The molecule has 26 heavy (non-hydrogen) atoms. The molecule has 0 bridgehead atoms. The van der Waals surface area contributed by atoms with E-state index in [1.54, 1.807) is 6.20 Å². The van der Waals surface area contributed by atoms with Gasteiger partial charge in [-0.1, -0.05) is 46.3 Å². The van der Waals surface area contributed by atoms with Crippen LogP contribution in [0.3, 0.4) is 0 Å². The van der Waals surface area contributed by atoms with Gasteiger partial charge in [-0.05, 0) is 32.9 Å². The molecule has 1 aromatic carbocycles. The molecule has 5 nitrogen and oxygen atoms in total. The summed E-state index contributed by atoms with van der Waals surface area (Å²) in [5, 5.41) is 1.26. The Morgan fingerprint density at radius 1 is 1.35 bits per heavy atom. The van der Waals surface area contributed by atoms with E-state index in [1.165, 1.54) is 5.06 Å². The van der Waals surface area contributed by atoms with E-state index in [4.69, 9.17) is 9.57 Å². The van der Waals surface area contributed by atoms with Crippen molar-refractivity contribution >= 4 is 34.6 Å². The lowest BCUT2D eigenvalue weighted by Gasteiger charge is -2.26. The predicted octanol–water partition coefficient (Wildman–Crippen LogP) is 4.39. The van der Waals surface area contributed by atoms with Gasteiger partial charge in [-0.3, -0.25) is 14.6 Å². The van der Waals surface area contributed by atoms with Crippen molar-refractivity contribution in [3.05, 3.63) is 48.2 Å². The summed E-state index contributed by atoms with van der Waals surface area (Å²) in [4.78, 5) is 20.8. The van der Waals surface area contributed by atoms with Crippen molar-refractivity contribution in [3.63, 3.8) is 0 Å². The lowest BCUT2D eigenvalue weighted by Crippen LogP contribution is -2.35. The summed E-state index contributed by atoms with van der Waals surface area (Å²) in [6.45, 7) is 6.37. The van der Waals surface area contributed by atoms with E-state index in [0.29, 0.717) is 19.6 Å². The number of halogens is 1. The number of para-hydroxylation sites is 1. The van der Waals surface area contributed by atoms with Crippen LogP contribution in [-0.2, 0) is 9.63 Å². The van der Waals surface area contributed by atoms with Crippen LogP contribution >= 0.6 is 15.9 Å². The Kier molecular flexibility index (Phi) is 7.17. The number of nitrogens with zero attached hydrogens (tertiary/aromatic N) is 2. The van der Waals surface area contributed by atoms with E-state index in [9.17, 15) is 4.79 Å². The SMILES string of the molecule is CC(C)(C)ON(C=O)CCOc1ccccc1/C=C/C1(Br)C=CN=CC1. The van der Waals surface area contributed by atoms with Crippen LogP contribution in [0.1, 0.15) is 32.8 Å². The van der Waals surface area contributed by atoms with Gasteiger partial charge in [0.2, 0.25) is 6.41 Å². The van der Waals surface area contributed by atoms with Crippen molar-refractivity contribution in [1.82, 2.24) is 5.06 Å². The van der Waals surface area contributed by atoms with Gasteiger partial charge in [0.1, 0.15) is 12.4 Å². The van der Waals surface area contributed by atoms with Crippen LogP contribution in [0, 0.1) is 0 Å². The predicted molar refractivity (Wildman–Crippen MR) is 108 cm³/mol. The average molecular weight is 421 g/mol. The Bertz CT molecular complexity index is 695. The van der Waals surface area contributed by atoms with Crippen LogP contribution in [0.2, 0.25) is 0 Å². The highest BCUT2D eigenvalue weighted by Crippen LogP contribution is 2.30. The topological polar surface area (TPSA) is 51.1 Å². The zero-order valence-corrected chi connectivity index (χ0v) is 17.0. The summed E-state index contributed by atoms with van der Waals surface area (Å²) < 4.78 is 5.64. The molecular formula is C20H25BrN2O3. The normalized spacial score (nSPS) is 19.7. The molecule has 1 aliphatic heterocycles. The number of hydrogen-bond acceptors (Lipinski definition) is 4. The van der Waals surface area contributed by atoms with Gasteiger partial charge in [0.05, 0.1) is 16.5 Å². The lowest BCUT2D eigenvalue weighted by molar-refractivity contribution is -0.217. The molecule has 1 unspecified atom stereocenters. The van der Waals surface area contributed by atoms with Gasteiger partial charge in [0.15, 0.2) is 0 Å². The van der Waals surface area contributed by atoms with Gasteiger partial charge in [-0.25, -0.2) is 5.06 Å². The number of carbonyl (C=O) groups is 1. The van der Waals surface area contributed by atoms with Crippen molar-refractivity contribution in [1.29, 1.82) is 0 Å². The minimum absolute atomic E-state index is 0.225. The highest BCUT2D eigenvalue weighted by Gasteiger charge is 2.20. The zero-order chi connectivity index (χ0) is 19.0. The maximum absolute atomic E-state index is 11.1. The maximum atomic E-state index is 11.1. The summed E-state index contributed by atoms with van der Waals surface area (Å²) in [6, 6.07) is 7.79. The standard InChI is InChI=1S/C20H25BrN2O3/c1-19(2,3)26-23(16-24)14-15-25-18-7-5-4-6-17(18)8-9-20(21)10-12-22-13-11-20/h4-10,12-13,16H,11,14-15H2,1-3H3/b9-8+. The third-order valence-corrected chi connectivity index (χ3v) is 4.34. The average Bonchev–Trinajstić information content (AvgIpc) is 2.59. The molecule has 0 fully saturated rings. The first-order valence-corrected chi connectivity index (χ1v) is 9.31. The van der Waals surface area contributed by atoms with Gasteiger partial charge >= 0.3 is 0 Å². The van der Waals surface area contributed by atoms with Crippen molar-refractivity contribution in [2.75, 3.05) is 13.2 Å². The highest BCUT2D eigenvalue weighted by atomic mass is 79.9. The number of amides is 1. The Labute approximate surface area is 163 Å². The van der Waals surface area contributed by atoms with Gasteiger partial charge < -0.3 is 4.74 Å². The fourth-order valence-corrected chi connectivity index (χ4v) is 2.70. The van der Waals surface area contributed by atoms with Gasteiger partial charge in [0.25, 0.3) is 0 Å². The number of carbonyl (C=O) groups excluding carboxylic acids is 1. The first-order chi connectivity index (χ1) is 12.3. The van der Waals surface area contributed by atoms with Crippen LogP contribution in [0.15, 0.2) is 47.6 Å². The Morgan fingerprint density at radius 3 is 2.77 bits per heavy atom. The fraction of sp³-hybridized carbons (Fsp3) is 0.400. The van der Waals surface area contributed by atoms with E-state index in [2.05, 4.69) is 27.0 Å². The molecule has 140 valence electrons. The molecular weight excluding hydrogens is 396 g/mol. The van der Waals surface area contributed by atoms with E-state index >= 15 is 0 Å². The van der Waals surface area contributed by atoms with Crippen molar-refractivity contribution in [2.24, 2.45) is 4.99 Å². The third kappa shape index (κ3) is 6.77. The number of rotatable bonds is 8. The number of alkyl halides is 1. The van der Waals surface area contributed by atoms with Crippen molar-refractivity contribution < 1.29 is 14.4 Å². The minimum Gasteiger partial charge on any atom is -0.491 e. The molecule has 0 radical (unpaired) electrons. The second-order valence-corrected chi connectivity index (χ2v) is 8.42. The molecule has 0 N–H and O–H groups in total. The van der Waals surface area contributed by atoms with Crippen LogP contribution in [0.25, 0.3) is 6.08 Å². The lowest BCUT2D eigenvalue weighted by atomic mass is 10.0. The summed E-state index contributed by atoms with van der Waals surface area (Å²) >= 11 is 3.72. The first kappa shape index (κ1) is 20.4. The van der Waals surface area contributed by atoms with Crippen LogP contribution < -0.4 is 4.74 Å². The molecule has 1 aromatic rings. The van der Waals surface area contributed by atoms with Gasteiger partial charge in [-0.2, -0.15) is 0 Å². The summed E-state index contributed by atoms with van der Waals surface area (Å²) in [5.74, 6) is 0.759. The number of aliphatic imine (C=N–C) groups is 1. The zero-order valence-electron chi connectivity index (χ0n) is 15.4. The summed E-state index contributed by atoms with van der Waals surface area (Å²) in [6.07, 6.45) is 11.2. The molecule has 1 amide bonds. The highest BCUT2D eigenvalue weighted by molar-refractivity contribution is 9.10. The molecule has 0 spiro atoms. The summed E-state index contributed by atoms with van der Waals surface area (Å²) in [7, 11) is 0. The molecule has 0 aromatic heterocycles. The number of benzene rings is 1. The monoisotopic (exact) mass is 420 g/mol. The molecule has 0 saturated carbocycles. The molecule has 6 heteroatoms. The molecule has 1 atom stereocenters. The van der Waals surface area contributed by atoms with E-state index in [0.717, 1.165) is 17.7 Å². The molecule has 2 rings (SSSR count). The molecule has 0 saturated heterocycles. The van der Waals surface area contributed by atoms with Crippen LogP contribution in [0.4, 0.5) is 0 Å². The smallest absolute Gasteiger partial charge is 0.233 e. The number of hydroxylamine groups is 2. The Balaban J connectivity index is 1.97. The van der Waals surface area contributed by atoms with Gasteiger partial charge in [0, 0.05) is 24.4 Å². The van der Waals surface area contributed by atoms with E-state index in [-0.39, 0.29) is 4.32 Å². The number of hydrogen-bond donors (Lipinski definition) is 0. The minimum atomic E-state index is -0.428. The maximum Gasteiger partial charge on any atom is 0.233 e. The quantitative estimate of drug-likeness (QED) is 0.356. The first-order valence-electron chi connectivity index (χ1n) is 8.52. The van der Waals surface area contributed by atoms with E-state index in [1.807, 2.05) is 63.4 Å². The molecule has 0 aliphatic carbocycles. The second kappa shape index (κ2) is 9.14. The van der Waals surface area contributed by atoms with Gasteiger partial charge in [-0.15, -0.1) is 0 Å². The van der Waals surface area contributed by atoms with Crippen molar-refractivity contribution in [2.45, 2.75) is 37.1 Å². The largest absolute Gasteiger partial charge is 0.491 e. The number of allylic oxidation sites excluding steroid dienone is 2. The Hall–Kier alpha value is -1.92. The van der Waals surface area contributed by atoms with Crippen molar-refractivity contribution in [3.8, 4) is 5.75 Å². The van der Waals surface area contributed by atoms with Crippen LogP contribution in [-0.4, -0.2) is 40.8 Å². The van der Waals surface area contributed by atoms with Crippen LogP contribution in [0.5, 0.6) is 5.75 Å². The Morgan fingerprint density at radius 2 is 2.12 bits per heavy atom. The van der Waals surface area contributed by atoms with E-state index < -0.39 is 5.60 Å². The fourth-order valence-electron chi connectivity index (χ4n) is 2.31. The summed E-state index contributed by atoms with van der Waals surface area (Å²) in [5.41, 5.74) is 0.541.